The highest BCUT2D eigenvalue weighted by Crippen LogP contribution is 2.33. The Labute approximate surface area is 114 Å². The highest BCUT2D eigenvalue weighted by molar-refractivity contribution is 9.10. The summed E-state index contributed by atoms with van der Waals surface area (Å²) in [6.07, 6.45) is 0. The molecule has 2 N–H and O–H groups in total. The molecule has 0 aromatic heterocycles. The molecule has 0 unspecified atom stereocenters. The maximum Gasteiger partial charge on any atom is 0.160 e. The van der Waals surface area contributed by atoms with Crippen molar-refractivity contribution < 1.29 is 18.1 Å². The Kier molecular flexibility index (Phi) is 4.21. The number of hydrogen-bond acceptors (Lipinski definition) is 2. The fraction of sp³-hybridized carbons (Fsp3) is 0.400. The molecule has 1 aromatic rings. The van der Waals surface area contributed by atoms with Crippen LogP contribution in [0.1, 0.15) is 0 Å². The number of nitrogens with zero attached hydrogens (tertiary/aromatic N) is 2. The molecule has 0 amide bonds. The summed E-state index contributed by atoms with van der Waals surface area (Å²) in [7, 11) is -3.69. The van der Waals surface area contributed by atoms with E-state index in [0.29, 0.717) is 17.6 Å². The average molecular weight is 338 g/mol. The number of hydrogen-bond donors (Lipinski definition) is 1. The first-order valence-corrected chi connectivity index (χ1v) is 7.68. The molecule has 1 saturated heterocycles. The Bertz CT molecular complexity index is 532. The maximum absolute atomic E-state index is 12.9. The van der Waals surface area contributed by atoms with Crippen molar-refractivity contribution in [3.05, 3.63) is 33.2 Å². The van der Waals surface area contributed by atoms with Gasteiger partial charge >= 0.3 is 0 Å². The van der Waals surface area contributed by atoms with Gasteiger partial charge in [-0.25, -0.2) is 17.1 Å². The van der Waals surface area contributed by atoms with Gasteiger partial charge in [0, 0.05) is 4.47 Å². The van der Waals surface area contributed by atoms with Crippen LogP contribution in [0.5, 0.6) is 0 Å². The summed E-state index contributed by atoms with van der Waals surface area (Å²) in [5.41, 5.74) is 0.214. The Morgan fingerprint density at radius 1 is 1.33 bits per heavy atom. The van der Waals surface area contributed by atoms with Crippen molar-refractivity contribution >= 4 is 31.8 Å². The SMILES string of the molecule is O=S(=O)([N-]c1ccc(F)cc1Br)N1CC[NH2+]CC1. The van der Waals surface area contributed by atoms with Gasteiger partial charge < -0.3 is 10.0 Å². The van der Waals surface area contributed by atoms with Crippen molar-refractivity contribution in [2.24, 2.45) is 0 Å². The fourth-order valence-corrected chi connectivity index (χ4v) is 3.45. The van der Waals surface area contributed by atoms with E-state index in [4.69, 9.17) is 0 Å². The number of quaternary nitrogens is 1. The second-order valence-electron chi connectivity index (χ2n) is 3.93. The molecule has 1 aromatic carbocycles. The van der Waals surface area contributed by atoms with Crippen molar-refractivity contribution in [1.82, 2.24) is 4.31 Å². The van der Waals surface area contributed by atoms with Gasteiger partial charge in [-0.15, -0.1) is 5.69 Å². The lowest BCUT2D eigenvalue weighted by atomic mass is 10.3. The first-order chi connectivity index (χ1) is 8.49. The summed E-state index contributed by atoms with van der Waals surface area (Å²) >= 11 is 3.10. The van der Waals surface area contributed by atoms with Crippen molar-refractivity contribution in [1.29, 1.82) is 0 Å². The predicted molar refractivity (Wildman–Crippen MR) is 69.3 cm³/mol. The standard InChI is InChI=1S/C10H12BrFN3O2S/c11-9-7-8(12)1-2-10(9)14-18(16,17)15-5-3-13-4-6-15/h1-2,7,13H,3-6H2/q-1/p+1. The second-order valence-corrected chi connectivity index (χ2v) is 6.38. The average Bonchev–Trinajstić information content (AvgIpc) is 2.34. The summed E-state index contributed by atoms with van der Waals surface area (Å²) < 4.78 is 42.3. The van der Waals surface area contributed by atoms with Gasteiger partial charge in [0.15, 0.2) is 10.2 Å². The molecule has 0 radical (unpaired) electrons. The summed E-state index contributed by atoms with van der Waals surface area (Å²) in [4.78, 5) is 0. The predicted octanol–water partition coefficient (Wildman–Crippen LogP) is 0.717. The number of piperazine rings is 1. The molecule has 8 heteroatoms. The van der Waals surface area contributed by atoms with Gasteiger partial charge in [0.1, 0.15) is 5.82 Å². The molecule has 0 aliphatic carbocycles. The number of halogens is 2. The van der Waals surface area contributed by atoms with Crippen LogP contribution >= 0.6 is 15.9 Å². The number of rotatable bonds is 3. The maximum atomic E-state index is 12.9. The van der Waals surface area contributed by atoms with E-state index in [1.807, 2.05) is 0 Å². The quantitative estimate of drug-likeness (QED) is 0.882. The van der Waals surface area contributed by atoms with Crippen LogP contribution in [0.25, 0.3) is 4.72 Å². The molecule has 1 aliphatic rings. The molecule has 2 rings (SSSR count). The molecule has 1 fully saturated rings. The normalized spacial score (nSPS) is 17.7. The van der Waals surface area contributed by atoms with E-state index in [-0.39, 0.29) is 5.69 Å². The van der Waals surface area contributed by atoms with Gasteiger partial charge in [0.25, 0.3) is 0 Å². The molecule has 100 valence electrons. The molecule has 0 spiro atoms. The summed E-state index contributed by atoms with van der Waals surface area (Å²) in [5.74, 6) is -0.439. The van der Waals surface area contributed by atoms with E-state index in [2.05, 4.69) is 26.0 Å². The Morgan fingerprint density at radius 2 is 2.00 bits per heavy atom. The van der Waals surface area contributed by atoms with Gasteiger partial charge in [0.05, 0.1) is 26.2 Å². The van der Waals surface area contributed by atoms with Crippen LogP contribution in [0.2, 0.25) is 0 Å². The van der Waals surface area contributed by atoms with Crippen LogP contribution in [0.3, 0.4) is 0 Å². The van der Waals surface area contributed by atoms with Crippen LogP contribution in [-0.2, 0) is 10.2 Å². The second kappa shape index (κ2) is 5.52. The summed E-state index contributed by atoms with van der Waals surface area (Å²) in [6, 6.07) is 3.72. The number of nitrogens with two attached hydrogens (primary N) is 1. The third-order valence-electron chi connectivity index (χ3n) is 2.61. The van der Waals surface area contributed by atoms with E-state index in [9.17, 15) is 12.8 Å². The molecule has 1 aliphatic heterocycles. The minimum atomic E-state index is -3.69. The highest BCUT2D eigenvalue weighted by atomic mass is 79.9. The van der Waals surface area contributed by atoms with Gasteiger partial charge in [-0.05, 0) is 12.1 Å². The monoisotopic (exact) mass is 337 g/mol. The highest BCUT2D eigenvalue weighted by Gasteiger charge is 2.19. The lowest BCUT2D eigenvalue weighted by molar-refractivity contribution is -0.661. The Hall–Kier alpha value is -0.700. The van der Waals surface area contributed by atoms with E-state index >= 15 is 0 Å². The molecule has 0 saturated carbocycles. The molecule has 18 heavy (non-hydrogen) atoms. The molecule has 0 atom stereocenters. The third kappa shape index (κ3) is 3.19. The third-order valence-corrected chi connectivity index (χ3v) is 4.70. The molecular weight excluding hydrogens is 325 g/mol. The van der Waals surface area contributed by atoms with Crippen LogP contribution in [0.15, 0.2) is 22.7 Å². The van der Waals surface area contributed by atoms with Crippen LogP contribution < -0.4 is 5.32 Å². The zero-order chi connectivity index (χ0) is 13.2. The van der Waals surface area contributed by atoms with Gasteiger partial charge in [-0.1, -0.05) is 22.0 Å². The van der Waals surface area contributed by atoms with Crippen molar-refractivity contribution in [3.8, 4) is 0 Å². The first-order valence-electron chi connectivity index (χ1n) is 5.49. The summed E-state index contributed by atoms with van der Waals surface area (Å²) in [5, 5.41) is 2.06. The Morgan fingerprint density at radius 3 is 2.61 bits per heavy atom. The molecular formula is C10H13BrFN3O2S. The van der Waals surface area contributed by atoms with Gasteiger partial charge in [-0.2, -0.15) is 0 Å². The van der Waals surface area contributed by atoms with Gasteiger partial charge in [-0.3, -0.25) is 0 Å². The topological polar surface area (TPSA) is 68.1 Å². The van der Waals surface area contributed by atoms with Crippen LogP contribution in [0.4, 0.5) is 10.1 Å². The van der Waals surface area contributed by atoms with Crippen LogP contribution in [0, 0.1) is 5.82 Å². The van der Waals surface area contributed by atoms with Crippen molar-refractivity contribution in [2.75, 3.05) is 26.2 Å². The summed E-state index contributed by atoms with van der Waals surface area (Å²) in [6.45, 7) is 2.37. The lowest BCUT2D eigenvalue weighted by Crippen LogP contribution is -2.89. The zero-order valence-electron chi connectivity index (χ0n) is 9.51. The minimum absolute atomic E-state index is 0.214. The largest absolute Gasteiger partial charge is 0.563 e. The Balaban J connectivity index is 2.16. The van der Waals surface area contributed by atoms with E-state index in [1.165, 1.54) is 22.5 Å². The molecule has 5 nitrogen and oxygen atoms in total. The lowest BCUT2D eigenvalue weighted by Gasteiger charge is -2.33. The minimum Gasteiger partial charge on any atom is -0.563 e. The fourth-order valence-electron chi connectivity index (χ4n) is 1.69. The van der Waals surface area contributed by atoms with E-state index in [0.717, 1.165) is 13.1 Å². The number of benzene rings is 1. The zero-order valence-corrected chi connectivity index (χ0v) is 11.9. The van der Waals surface area contributed by atoms with Crippen LogP contribution in [-0.4, -0.2) is 38.9 Å². The van der Waals surface area contributed by atoms with E-state index in [1.54, 1.807) is 0 Å². The van der Waals surface area contributed by atoms with Crippen molar-refractivity contribution in [3.63, 3.8) is 0 Å². The first kappa shape index (κ1) is 13.7. The molecule has 0 bridgehead atoms. The molecule has 1 heterocycles. The van der Waals surface area contributed by atoms with Gasteiger partial charge in [0.2, 0.25) is 0 Å². The van der Waals surface area contributed by atoms with Crippen molar-refractivity contribution in [2.45, 2.75) is 0 Å². The smallest absolute Gasteiger partial charge is 0.160 e. The van der Waals surface area contributed by atoms with E-state index < -0.39 is 16.0 Å².